The number of nitrogens with one attached hydrogen (secondary N) is 2. The molecule has 1 unspecified atom stereocenters. The highest BCUT2D eigenvalue weighted by atomic mass is 16.5. The van der Waals surface area contributed by atoms with E-state index in [-0.39, 0.29) is 5.97 Å². The number of hydrogen-bond donors (Lipinski definition) is 2. The van der Waals surface area contributed by atoms with Gasteiger partial charge >= 0.3 is 5.97 Å². The SMILES string of the molecule is CCCCCC(C)NCc1ccc(C(=O)OC)[nH]1. The van der Waals surface area contributed by atoms with Crippen molar-refractivity contribution >= 4 is 5.97 Å². The molecule has 4 heteroatoms. The Morgan fingerprint density at radius 2 is 2.22 bits per heavy atom. The summed E-state index contributed by atoms with van der Waals surface area (Å²) in [6.07, 6.45) is 5.01. The van der Waals surface area contributed by atoms with Crippen LogP contribution in [-0.4, -0.2) is 24.1 Å². The van der Waals surface area contributed by atoms with E-state index in [0.717, 1.165) is 12.2 Å². The number of unbranched alkanes of at least 4 members (excludes halogenated alkanes) is 2. The fourth-order valence-electron chi connectivity index (χ4n) is 1.86. The molecule has 0 radical (unpaired) electrons. The minimum absolute atomic E-state index is 0.322. The number of rotatable bonds is 8. The van der Waals surface area contributed by atoms with Crippen LogP contribution in [0.5, 0.6) is 0 Å². The van der Waals surface area contributed by atoms with Crippen LogP contribution in [0.15, 0.2) is 12.1 Å². The molecule has 1 atom stereocenters. The summed E-state index contributed by atoms with van der Waals surface area (Å²) in [5, 5.41) is 3.44. The molecule has 1 rings (SSSR count). The lowest BCUT2D eigenvalue weighted by molar-refractivity contribution is 0.0594. The topological polar surface area (TPSA) is 54.1 Å². The lowest BCUT2D eigenvalue weighted by Gasteiger charge is -2.12. The van der Waals surface area contributed by atoms with Crippen molar-refractivity contribution in [2.75, 3.05) is 7.11 Å². The Hall–Kier alpha value is -1.29. The molecular formula is C14H24N2O2. The second-order valence-electron chi connectivity index (χ2n) is 4.67. The van der Waals surface area contributed by atoms with Gasteiger partial charge in [0.1, 0.15) is 5.69 Å². The summed E-state index contributed by atoms with van der Waals surface area (Å²) in [6.45, 7) is 5.16. The lowest BCUT2D eigenvalue weighted by atomic mass is 10.1. The maximum Gasteiger partial charge on any atom is 0.354 e. The van der Waals surface area contributed by atoms with Crippen molar-refractivity contribution in [3.63, 3.8) is 0 Å². The standard InChI is InChI=1S/C14H24N2O2/c1-4-5-6-7-11(2)15-10-12-8-9-13(16-12)14(17)18-3/h8-9,11,15-16H,4-7,10H2,1-3H3. The number of aromatic amines is 1. The number of H-pyrrole nitrogens is 1. The zero-order valence-electron chi connectivity index (χ0n) is 11.6. The van der Waals surface area contributed by atoms with E-state index in [9.17, 15) is 4.79 Å². The van der Waals surface area contributed by atoms with Crippen LogP contribution >= 0.6 is 0 Å². The molecule has 0 bridgehead atoms. The zero-order chi connectivity index (χ0) is 13.4. The Bertz CT molecular complexity index is 360. The van der Waals surface area contributed by atoms with E-state index in [2.05, 4.69) is 28.9 Å². The minimum atomic E-state index is -0.322. The summed E-state index contributed by atoms with van der Waals surface area (Å²) < 4.78 is 4.65. The number of esters is 1. The molecule has 0 aliphatic rings. The van der Waals surface area contributed by atoms with E-state index in [1.165, 1.54) is 32.8 Å². The molecule has 4 nitrogen and oxygen atoms in total. The van der Waals surface area contributed by atoms with E-state index in [4.69, 9.17) is 0 Å². The molecule has 0 aliphatic heterocycles. The summed E-state index contributed by atoms with van der Waals surface area (Å²) in [5.41, 5.74) is 1.52. The molecule has 0 spiro atoms. The molecule has 2 N–H and O–H groups in total. The van der Waals surface area contributed by atoms with Crippen molar-refractivity contribution in [3.05, 3.63) is 23.5 Å². The molecule has 0 fully saturated rings. The van der Waals surface area contributed by atoms with Crippen molar-refractivity contribution in [3.8, 4) is 0 Å². The van der Waals surface area contributed by atoms with Crippen molar-refractivity contribution in [2.45, 2.75) is 52.1 Å². The van der Waals surface area contributed by atoms with Crippen LogP contribution in [0.3, 0.4) is 0 Å². The highest BCUT2D eigenvalue weighted by Gasteiger charge is 2.08. The fraction of sp³-hybridized carbons (Fsp3) is 0.643. The van der Waals surface area contributed by atoms with Crippen LogP contribution in [-0.2, 0) is 11.3 Å². The van der Waals surface area contributed by atoms with E-state index in [0.29, 0.717) is 11.7 Å². The highest BCUT2D eigenvalue weighted by molar-refractivity contribution is 5.87. The molecule has 1 heterocycles. The third kappa shape index (κ3) is 4.92. The number of aromatic nitrogens is 1. The number of ether oxygens (including phenoxy) is 1. The first-order chi connectivity index (χ1) is 8.67. The van der Waals surface area contributed by atoms with Gasteiger partial charge in [-0.3, -0.25) is 0 Å². The second-order valence-corrected chi connectivity index (χ2v) is 4.67. The third-order valence-electron chi connectivity index (χ3n) is 3.03. The first kappa shape index (κ1) is 14.8. The van der Waals surface area contributed by atoms with Crippen molar-refractivity contribution in [2.24, 2.45) is 0 Å². The maximum absolute atomic E-state index is 11.3. The Morgan fingerprint density at radius 1 is 1.44 bits per heavy atom. The predicted molar refractivity (Wildman–Crippen MR) is 72.6 cm³/mol. The third-order valence-corrected chi connectivity index (χ3v) is 3.03. The molecule has 1 aromatic heterocycles. The van der Waals surface area contributed by atoms with Gasteiger partial charge in [0.15, 0.2) is 0 Å². The van der Waals surface area contributed by atoms with Gasteiger partial charge in [0.05, 0.1) is 7.11 Å². The zero-order valence-corrected chi connectivity index (χ0v) is 11.6. The van der Waals surface area contributed by atoms with Crippen LogP contribution in [0.25, 0.3) is 0 Å². The van der Waals surface area contributed by atoms with E-state index in [1.807, 2.05) is 6.07 Å². The first-order valence-corrected chi connectivity index (χ1v) is 6.67. The van der Waals surface area contributed by atoms with Crippen LogP contribution in [0.2, 0.25) is 0 Å². The van der Waals surface area contributed by atoms with E-state index >= 15 is 0 Å². The van der Waals surface area contributed by atoms with Gasteiger partial charge < -0.3 is 15.0 Å². The molecule has 0 aromatic carbocycles. The highest BCUT2D eigenvalue weighted by Crippen LogP contribution is 2.06. The Labute approximate surface area is 109 Å². The quantitative estimate of drug-likeness (QED) is 0.552. The Morgan fingerprint density at radius 3 is 2.89 bits per heavy atom. The lowest BCUT2D eigenvalue weighted by Crippen LogP contribution is -2.25. The van der Waals surface area contributed by atoms with E-state index < -0.39 is 0 Å². The van der Waals surface area contributed by atoms with Crippen molar-refractivity contribution < 1.29 is 9.53 Å². The molecular weight excluding hydrogens is 228 g/mol. The minimum Gasteiger partial charge on any atom is -0.464 e. The van der Waals surface area contributed by atoms with Crippen LogP contribution in [0, 0.1) is 0 Å². The Kier molecular flexibility index (Phi) is 6.50. The average Bonchev–Trinajstić information content (AvgIpc) is 2.84. The van der Waals surface area contributed by atoms with Gasteiger partial charge in [-0.05, 0) is 25.5 Å². The summed E-state index contributed by atoms with van der Waals surface area (Å²) in [5.74, 6) is -0.322. The number of carbonyl (C=O) groups is 1. The largest absolute Gasteiger partial charge is 0.464 e. The molecule has 0 amide bonds. The van der Waals surface area contributed by atoms with Crippen LogP contribution in [0.4, 0.5) is 0 Å². The normalized spacial score (nSPS) is 12.4. The summed E-state index contributed by atoms with van der Waals surface area (Å²) >= 11 is 0. The van der Waals surface area contributed by atoms with Gasteiger partial charge in [-0.1, -0.05) is 26.2 Å². The number of hydrogen-bond acceptors (Lipinski definition) is 3. The molecule has 0 saturated heterocycles. The fourth-order valence-corrected chi connectivity index (χ4v) is 1.86. The summed E-state index contributed by atoms with van der Waals surface area (Å²) in [4.78, 5) is 14.3. The molecule has 102 valence electrons. The first-order valence-electron chi connectivity index (χ1n) is 6.67. The van der Waals surface area contributed by atoms with Crippen LogP contribution < -0.4 is 5.32 Å². The van der Waals surface area contributed by atoms with Crippen molar-refractivity contribution in [1.29, 1.82) is 0 Å². The predicted octanol–water partition coefficient (Wildman–Crippen LogP) is 2.86. The van der Waals surface area contributed by atoms with Gasteiger partial charge in [-0.25, -0.2) is 4.79 Å². The smallest absolute Gasteiger partial charge is 0.354 e. The average molecular weight is 252 g/mol. The van der Waals surface area contributed by atoms with Gasteiger partial charge in [0.25, 0.3) is 0 Å². The molecule has 1 aromatic rings. The van der Waals surface area contributed by atoms with E-state index in [1.54, 1.807) is 6.07 Å². The Balaban J connectivity index is 2.30. The number of methoxy groups -OCH3 is 1. The monoisotopic (exact) mass is 252 g/mol. The molecule has 0 saturated carbocycles. The van der Waals surface area contributed by atoms with Gasteiger partial charge in [-0.15, -0.1) is 0 Å². The van der Waals surface area contributed by atoms with Gasteiger partial charge in [-0.2, -0.15) is 0 Å². The maximum atomic E-state index is 11.3. The summed E-state index contributed by atoms with van der Waals surface area (Å²) in [6, 6.07) is 4.17. The number of carbonyl (C=O) groups excluding carboxylic acids is 1. The van der Waals surface area contributed by atoms with Crippen LogP contribution in [0.1, 0.15) is 55.7 Å². The van der Waals surface area contributed by atoms with Gasteiger partial charge in [0, 0.05) is 18.3 Å². The summed E-state index contributed by atoms with van der Waals surface area (Å²) in [7, 11) is 1.39. The second kappa shape index (κ2) is 7.93. The van der Waals surface area contributed by atoms with Gasteiger partial charge in [0.2, 0.25) is 0 Å². The molecule has 0 aliphatic carbocycles. The van der Waals surface area contributed by atoms with Crippen molar-refractivity contribution in [1.82, 2.24) is 10.3 Å². The molecule has 18 heavy (non-hydrogen) atoms.